The van der Waals surface area contributed by atoms with E-state index in [-0.39, 0.29) is 11.3 Å². The Labute approximate surface area is 213 Å². The van der Waals surface area contributed by atoms with Crippen LogP contribution in [0, 0.1) is 0 Å². The van der Waals surface area contributed by atoms with Gasteiger partial charge in [0.1, 0.15) is 23.0 Å². The van der Waals surface area contributed by atoms with Crippen molar-refractivity contribution in [3.8, 4) is 17.2 Å². The number of aliphatic imine (C=N–C) groups is 1. The molecule has 0 aromatic heterocycles. The molecule has 0 spiro atoms. The summed E-state index contributed by atoms with van der Waals surface area (Å²) < 4.78 is 11.7. The molecule has 3 aromatic rings. The summed E-state index contributed by atoms with van der Waals surface area (Å²) in [6, 6.07) is 21.7. The highest BCUT2D eigenvalue weighted by atomic mass is 16.5. The number of carbonyl (C=O) groups is 1. The molecule has 2 aliphatic rings. The first-order chi connectivity index (χ1) is 17.3. The maximum absolute atomic E-state index is 13.3. The highest BCUT2D eigenvalue weighted by molar-refractivity contribution is 6.04. The molecule has 5 rings (SSSR count). The fourth-order valence-electron chi connectivity index (χ4n) is 4.70. The van der Waals surface area contributed by atoms with E-state index in [0.29, 0.717) is 19.6 Å². The molecular weight excluding hydrogens is 450 g/mol. The zero-order chi connectivity index (χ0) is 25.3. The van der Waals surface area contributed by atoms with Crippen molar-refractivity contribution >= 4 is 17.4 Å². The molecule has 2 aliphatic heterocycles. The number of hydrogen-bond acceptors (Lipinski definition) is 5. The third kappa shape index (κ3) is 4.81. The van der Waals surface area contributed by atoms with E-state index >= 15 is 0 Å². The minimum absolute atomic E-state index is 0.0609. The number of para-hydroxylation sites is 2. The summed E-state index contributed by atoms with van der Waals surface area (Å²) in [5, 5.41) is 0. The SMILES string of the molecule is COc1ccc2c(c1)C(N1CCCN(C(=O)c3ccc(C(C)(C)C)cc3)CC1)=Nc1ccccc1O2. The van der Waals surface area contributed by atoms with Gasteiger partial charge in [-0.15, -0.1) is 0 Å². The lowest BCUT2D eigenvalue weighted by molar-refractivity contribution is 0.0764. The Balaban J connectivity index is 1.40. The van der Waals surface area contributed by atoms with Crippen LogP contribution in [0.3, 0.4) is 0 Å². The normalized spacial score (nSPS) is 15.6. The van der Waals surface area contributed by atoms with Crippen LogP contribution in [0.15, 0.2) is 71.7 Å². The van der Waals surface area contributed by atoms with Gasteiger partial charge in [0.15, 0.2) is 5.75 Å². The van der Waals surface area contributed by atoms with Gasteiger partial charge in [-0.25, -0.2) is 4.99 Å². The Kier molecular flexibility index (Phi) is 6.44. The molecule has 186 valence electrons. The van der Waals surface area contributed by atoms with Crippen LogP contribution in [-0.2, 0) is 5.41 Å². The predicted molar refractivity (Wildman–Crippen MR) is 143 cm³/mol. The van der Waals surface area contributed by atoms with E-state index in [1.165, 1.54) is 5.56 Å². The smallest absolute Gasteiger partial charge is 0.253 e. The van der Waals surface area contributed by atoms with Gasteiger partial charge in [0.05, 0.1) is 12.7 Å². The monoisotopic (exact) mass is 483 g/mol. The molecule has 0 aliphatic carbocycles. The van der Waals surface area contributed by atoms with E-state index in [1.54, 1.807) is 7.11 Å². The van der Waals surface area contributed by atoms with Crippen molar-refractivity contribution in [1.82, 2.24) is 9.80 Å². The van der Waals surface area contributed by atoms with E-state index in [1.807, 2.05) is 59.5 Å². The van der Waals surface area contributed by atoms with E-state index in [2.05, 4.69) is 37.8 Å². The number of fused-ring (bicyclic) bond motifs is 2. The minimum Gasteiger partial charge on any atom is -0.497 e. The summed E-state index contributed by atoms with van der Waals surface area (Å²) in [5.74, 6) is 3.15. The van der Waals surface area contributed by atoms with Crippen molar-refractivity contribution in [1.29, 1.82) is 0 Å². The fourth-order valence-corrected chi connectivity index (χ4v) is 4.70. The zero-order valence-corrected chi connectivity index (χ0v) is 21.5. The molecule has 1 saturated heterocycles. The van der Waals surface area contributed by atoms with Crippen LogP contribution in [0.4, 0.5) is 5.69 Å². The number of amidine groups is 1. The quantitative estimate of drug-likeness (QED) is 0.447. The van der Waals surface area contributed by atoms with Crippen molar-refractivity contribution in [3.63, 3.8) is 0 Å². The Morgan fingerprint density at radius 1 is 0.917 bits per heavy atom. The predicted octanol–water partition coefficient (Wildman–Crippen LogP) is 6.02. The number of methoxy groups -OCH3 is 1. The Hall–Kier alpha value is -3.80. The lowest BCUT2D eigenvalue weighted by Crippen LogP contribution is -2.37. The Morgan fingerprint density at radius 3 is 2.44 bits per heavy atom. The molecule has 0 N–H and O–H groups in total. The molecule has 6 nitrogen and oxygen atoms in total. The zero-order valence-electron chi connectivity index (χ0n) is 21.5. The third-order valence-electron chi connectivity index (χ3n) is 6.82. The summed E-state index contributed by atoms with van der Waals surface area (Å²) in [5.41, 5.74) is 3.71. The molecule has 36 heavy (non-hydrogen) atoms. The summed E-state index contributed by atoms with van der Waals surface area (Å²) in [6.45, 7) is 9.36. The molecule has 3 aromatic carbocycles. The van der Waals surface area contributed by atoms with Gasteiger partial charge < -0.3 is 19.3 Å². The van der Waals surface area contributed by atoms with E-state index < -0.39 is 0 Å². The van der Waals surface area contributed by atoms with Crippen LogP contribution < -0.4 is 9.47 Å². The number of nitrogens with zero attached hydrogens (tertiary/aromatic N) is 3. The van der Waals surface area contributed by atoms with Gasteiger partial charge in [0, 0.05) is 31.7 Å². The van der Waals surface area contributed by atoms with Gasteiger partial charge in [-0.2, -0.15) is 0 Å². The van der Waals surface area contributed by atoms with Crippen molar-refractivity contribution in [2.45, 2.75) is 32.6 Å². The molecule has 0 atom stereocenters. The van der Waals surface area contributed by atoms with Crippen molar-refractivity contribution in [2.75, 3.05) is 33.3 Å². The number of hydrogen-bond donors (Lipinski definition) is 0. The molecular formula is C30H33N3O3. The summed E-state index contributed by atoms with van der Waals surface area (Å²) in [7, 11) is 1.66. The van der Waals surface area contributed by atoms with Crippen LogP contribution in [0.2, 0.25) is 0 Å². The summed E-state index contributed by atoms with van der Waals surface area (Å²) >= 11 is 0. The second-order valence-electron chi connectivity index (χ2n) is 10.3. The van der Waals surface area contributed by atoms with Crippen LogP contribution in [0.25, 0.3) is 0 Å². The van der Waals surface area contributed by atoms with Crippen LogP contribution in [0.1, 0.15) is 48.7 Å². The topological polar surface area (TPSA) is 54.4 Å². The molecule has 0 bridgehead atoms. The van der Waals surface area contributed by atoms with Gasteiger partial charge in [-0.05, 0) is 59.9 Å². The minimum atomic E-state index is 0.0609. The fraction of sp³-hybridized carbons (Fsp3) is 0.333. The highest BCUT2D eigenvalue weighted by Gasteiger charge is 2.27. The summed E-state index contributed by atoms with van der Waals surface area (Å²) in [6.07, 6.45) is 0.854. The first kappa shape index (κ1) is 23.9. The molecule has 1 fully saturated rings. The summed E-state index contributed by atoms with van der Waals surface area (Å²) in [4.78, 5) is 22.6. The average Bonchev–Trinajstić information content (AvgIpc) is 3.22. The maximum Gasteiger partial charge on any atom is 0.253 e. The van der Waals surface area contributed by atoms with Crippen LogP contribution in [-0.4, -0.2) is 54.8 Å². The first-order valence-electron chi connectivity index (χ1n) is 12.5. The molecule has 0 radical (unpaired) electrons. The molecule has 0 saturated carbocycles. The Morgan fingerprint density at radius 2 is 1.69 bits per heavy atom. The second-order valence-corrected chi connectivity index (χ2v) is 10.3. The van der Waals surface area contributed by atoms with Crippen molar-refractivity contribution in [2.24, 2.45) is 4.99 Å². The van der Waals surface area contributed by atoms with Crippen molar-refractivity contribution < 1.29 is 14.3 Å². The largest absolute Gasteiger partial charge is 0.497 e. The van der Waals surface area contributed by atoms with Crippen LogP contribution in [0.5, 0.6) is 17.2 Å². The first-order valence-corrected chi connectivity index (χ1v) is 12.5. The van der Waals surface area contributed by atoms with Gasteiger partial charge in [-0.1, -0.05) is 45.0 Å². The third-order valence-corrected chi connectivity index (χ3v) is 6.82. The number of ether oxygens (including phenoxy) is 2. The van der Waals surface area contributed by atoms with Gasteiger partial charge in [-0.3, -0.25) is 4.79 Å². The standard InChI is InChI=1S/C30H33N3O3/c1-30(2,3)22-12-10-21(11-13-22)29(34)33-17-7-16-32(18-19-33)28-24-20-23(35-4)14-15-26(24)36-27-9-6-5-8-25(27)31-28/h5-6,8-15,20H,7,16-19H2,1-4H3. The van der Waals surface area contributed by atoms with Crippen LogP contribution >= 0.6 is 0 Å². The second kappa shape index (κ2) is 9.69. The van der Waals surface area contributed by atoms with Gasteiger partial charge >= 0.3 is 0 Å². The van der Waals surface area contributed by atoms with E-state index in [4.69, 9.17) is 14.5 Å². The molecule has 1 amide bonds. The molecule has 6 heteroatoms. The average molecular weight is 484 g/mol. The highest BCUT2D eigenvalue weighted by Crippen LogP contribution is 2.39. The molecule has 2 heterocycles. The maximum atomic E-state index is 13.3. The Bertz CT molecular complexity index is 1290. The number of benzene rings is 3. The lowest BCUT2D eigenvalue weighted by atomic mass is 9.86. The number of carbonyl (C=O) groups excluding carboxylic acids is 1. The lowest BCUT2D eigenvalue weighted by Gasteiger charge is -2.25. The van der Waals surface area contributed by atoms with Crippen molar-refractivity contribution in [3.05, 3.63) is 83.4 Å². The van der Waals surface area contributed by atoms with Gasteiger partial charge in [0.25, 0.3) is 5.91 Å². The van der Waals surface area contributed by atoms with E-state index in [0.717, 1.165) is 52.9 Å². The number of rotatable bonds is 2. The van der Waals surface area contributed by atoms with E-state index in [9.17, 15) is 4.79 Å². The molecule has 0 unspecified atom stereocenters. The number of amides is 1. The van der Waals surface area contributed by atoms with Gasteiger partial charge in [0.2, 0.25) is 0 Å².